The number of hydrogen-bond donors (Lipinski definition) is 1. The fourth-order valence-corrected chi connectivity index (χ4v) is 1.70. The van der Waals surface area contributed by atoms with Gasteiger partial charge in [-0.15, -0.1) is 0 Å². The second-order valence-electron chi connectivity index (χ2n) is 3.25. The topological polar surface area (TPSA) is 47.6 Å². The summed E-state index contributed by atoms with van der Waals surface area (Å²) in [5.74, 6) is 0. The van der Waals surface area contributed by atoms with E-state index in [9.17, 15) is 0 Å². The first-order valence-electron chi connectivity index (χ1n) is 4.44. The number of nitrogen functional groups attached to an aromatic ring is 1. The van der Waals surface area contributed by atoms with Gasteiger partial charge in [-0.05, 0) is 17.7 Å². The van der Waals surface area contributed by atoms with Gasteiger partial charge in [0.25, 0.3) is 0 Å². The molecule has 1 aromatic rings. The van der Waals surface area contributed by atoms with Crippen LogP contribution < -0.4 is 5.73 Å². The van der Waals surface area contributed by atoms with E-state index in [4.69, 9.17) is 10.6 Å². The van der Waals surface area contributed by atoms with E-state index in [1.165, 1.54) is 0 Å². The summed E-state index contributed by atoms with van der Waals surface area (Å²) in [5, 5.41) is 4.85. The lowest BCUT2D eigenvalue weighted by molar-refractivity contribution is 0.104. The minimum absolute atomic E-state index is 0.169. The van der Waals surface area contributed by atoms with E-state index in [0.717, 1.165) is 28.7 Å². The lowest BCUT2D eigenvalue weighted by Gasteiger charge is -2.01. The number of nitrogens with zero attached hydrogens (tertiary/aromatic N) is 1. The second-order valence-corrected chi connectivity index (χ2v) is 3.89. The number of halogens is 1. The molecule has 0 unspecified atom stereocenters. The molecule has 1 aliphatic rings. The number of rotatable bonds is 2. The van der Waals surface area contributed by atoms with Gasteiger partial charge in [-0.1, -0.05) is 33.2 Å². The van der Waals surface area contributed by atoms with Gasteiger partial charge in [-0.2, -0.15) is 0 Å². The van der Waals surface area contributed by atoms with Crippen molar-refractivity contribution < 1.29 is 4.84 Å². The summed E-state index contributed by atoms with van der Waals surface area (Å²) in [5.41, 5.74) is 8.45. The molecule has 2 N–H and O–H groups in total. The Morgan fingerprint density at radius 3 is 2.71 bits per heavy atom. The Balaban J connectivity index is 2.13. The molecule has 1 aliphatic heterocycles. The number of anilines is 1. The van der Waals surface area contributed by atoms with Crippen LogP contribution in [0.15, 0.2) is 29.4 Å². The Bertz CT molecular complexity index is 348. The largest absolute Gasteiger partial charge is 0.399 e. The van der Waals surface area contributed by atoms with E-state index in [2.05, 4.69) is 21.1 Å². The van der Waals surface area contributed by atoms with E-state index in [0.29, 0.717) is 0 Å². The summed E-state index contributed by atoms with van der Waals surface area (Å²) in [7, 11) is 0. The van der Waals surface area contributed by atoms with Crippen molar-refractivity contribution in [1.29, 1.82) is 0 Å². The predicted molar refractivity (Wildman–Crippen MR) is 60.7 cm³/mol. The van der Waals surface area contributed by atoms with Crippen LogP contribution in [0, 0.1) is 0 Å². The fourth-order valence-electron chi connectivity index (χ4n) is 1.36. The highest BCUT2D eigenvalue weighted by Crippen LogP contribution is 2.18. The van der Waals surface area contributed by atoms with Gasteiger partial charge in [0, 0.05) is 17.4 Å². The Kier molecular flexibility index (Phi) is 2.72. The van der Waals surface area contributed by atoms with Crippen LogP contribution in [-0.2, 0) is 4.84 Å². The van der Waals surface area contributed by atoms with Crippen molar-refractivity contribution >= 4 is 27.3 Å². The van der Waals surface area contributed by atoms with E-state index < -0.39 is 0 Å². The summed E-state index contributed by atoms with van der Waals surface area (Å²) in [6.45, 7) is 0. The summed E-state index contributed by atoms with van der Waals surface area (Å²) in [4.78, 5) is 5.21. The molecular weight excluding hydrogens is 244 g/mol. The van der Waals surface area contributed by atoms with Crippen LogP contribution in [0.2, 0.25) is 0 Å². The van der Waals surface area contributed by atoms with Crippen LogP contribution in [0.4, 0.5) is 5.69 Å². The van der Waals surface area contributed by atoms with Crippen LogP contribution in [-0.4, -0.2) is 17.1 Å². The monoisotopic (exact) mass is 254 g/mol. The molecule has 1 aromatic carbocycles. The van der Waals surface area contributed by atoms with Gasteiger partial charge in [-0.3, -0.25) is 0 Å². The maximum atomic E-state index is 5.60. The number of nitrogens with two attached hydrogens (primary N) is 1. The van der Waals surface area contributed by atoms with Crippen LogP contribution in [0.3, 0.4) is 0 Å². The quantitative estimate of drug-likeness (QED) is 0.650. The highest BCUT2D eigenvalue weighted by atomic mass is 79.9. The zero-order chi connectivity index (χ0) is 9.97. The minimum Gasteiger partial charge on any atom is -0.399 e. The maximum absolute atomic E-state index is 5.60. The molecule has 0 aromatic heterocycles. The summed E-state index contributed by atoms with van der Waals surface area (Å²) in [6, 6.07) is 7.68. The normalized spacial score (nSPS) is 20.4. The van der Waals surface area contributed by atoms with Gasteiger partial charge in [0.2, 0.25) is 0 Å². The SMILES string of the molecule is Nc1ccc(C2=NO[C@@H](CBr)C2)cc1. The highest BCUT2D eigenvalue weighted by Gasteiger charge is 2.20. The first-order chi connectivity index (χ1) is 6.79. The van der Waals surface area contributed by atoms with E-state index in [1.807, 2.05) is 24.3 Å². The van der Waals surface area contributed by atoms with Crippen molar-refractivity contribution in [1.82, 2.24) is 0 Å². The molecule has 0 saturated heterocycles. The second kappa shape index (κ2) is 4.00. The fraction of sp³-hybridized carbons (Fsp3) is 0.300. The first kappa shape index (κ1) is 9.52. The van der Waals surface area contributed by atoms with Gasteiger partial charge >= 0.3 is 0 Å². The molecule has 4 heteroatoms. The van der Waals surface area contributed by atoms with Crippen molar-refractivity contribution in [3.63, 3.8) is 0 Å². The van der Waals surface area contributed by atoms with E-state index >= 15 is 0 Å². The number of alkyl halides is 1. The first-order valence-corrected chi connectivity index (χ1v) is 5.56. The summed E-state index contributed by atoms with van der Waals surface area (Å²) in [6.07, 6.45) is 1.03. The Morgan fingerprint density at radius 1 is 1.43 bits per heavy atom. The van der Waals surface area contributed by atoms with Crippen LogP contribution in [0.5, 0.6) is 0 Å². The lowest BCUT2D eigenvalue weighted by Crippen LogP contribution is -2.09. The third-order valence-corrected chi connectivity index (χ3v) is 2.87. The molecule has 1 heterocycles. The molecule has 3 nitrogen and oxygen atoms in total. The molecule has 0 spiro atoms. The molecule has 1 atom stereocenters. The summed E-state index contributed by atoms with van der Waals surface area (Å²) < 4.78 is 0. The average molecular weight is 255 g/mol. The van der Waals surface area contributed by atoms with Crippen molar-refractivity contribution in [2.24, 2.45) is 5.16 Å². The van der Waals surface area contributed by atoms with Gasteiger partial charge in [0.1, 0.15) is 6.10 Å². The van der Waals surface area contributed by atoms with Crippen LogP contribution in [0.1, 0.15) is 12.0 Å². The molecule has 0 aliphatic carbocycles. The number of benzene rings is 1. The zero-order valence-electron chi connectivity index (χ0n) is 7.61. The molecule has 14 heavy (non-hydrogen) atoms. The smallest absolute Gasteiger partial charge is 0.142 e. The van der Waals surface area contributed by atoms with E-state index in [-0.39, 0.29) is 6.10 Å². The maximum Gasteiger partial charge on any atom is 0.142 e. The zero-order valence-corrected chi connectivity index (χ0v) is 9.20. The van der Waals surface area contributed by atoms with Crippen molar-refractivity contribution in [3.05, 3.63) is 29.8 Å². The minimum atomic E-state index is 0.169. The lowest BCUT2D eigenvalue weighted by atomic mass is 10.1. The Morgan fingerprint density at radius 2 is 2.14 bits per heavy atom. The molecule has 0 radical (unpaired) electrons. The molecule has 0 fully saturated rings. The number of oxime groups is 1. The molecule has 74 valence electrons. The van der Waals surface area contributed by atoms with E-state index in [1.54, 1.807) is 0 Å². The summed E-state index contributed by atoms with van der Waals surface area (Å²) >= 11 is 3.37. The van der Waals surface area contributed by atoms with Crippen LogP contribution >= 0.6 is 15.9 Å². The average Bonchev–Trinajstić information content (AvgIpc) is 2.67. The van der Waals surface area contributed by atoms with Gasteiger partial charge in [0.05, 0.1) is 5.71 Å². The third-order valence-electron chi connectivity index (χ3n) is 2.15. The molecule has 0 amide bonds. The third kappa shape index (κ3) is 1.90. The molecule has 0 bridgehead atoms. The molecule has 2 rings (SSSR count). The van der Waals surface area contributed by atoms with Gasteiger partial charge < -0.3 is 10.6 Å². The Hall–Kier alpha value is -1.03. The number of hydrogen-bond acceptors (Lipinski definition) is 3. The van der Waals surface area contributed by atoms with Crippen LogP contribution in [0.25, 0.3) is 0 Å². The standard InChI is InChI=1S/C10H11BrN2O/c11-6-9-5-10(13-14-9)7-1-3-8(12)4-2-7/h1-4,9H,5-6,12H2/t9-/m1/s1. The van der Waals surface area contributed by atoms with Crippen molar-refractivity contribution in [2.45, 2.75) is 12.5 Å². The molecule has 0 saturated carbocycles. The van der Waals surface area contributed by atoms with Gasteiger partial charge in [0.15, 0.2) is 0 Å². The highest BCUT2D eigenvalue weighted by molar-refractivity contribution is 9.09. The van der Waals surface area contributed by atoms with Crippen molar-refractivity contribution in [2.75, 3.05) is 11.1 Å². The van der Waals surface area contributed by atoms with Gasteiger partial charge in [-0.25, -0.2) is 0 Å². The van der Waals surface area contributed by atoms with Crippen molar-refractivity contribution in [3.8, 4) is 0 Å². The Labute approximate surface area is 91.1 Å². The molecular formula is C10H11BrN2O. The predicted octanol–water partition coefficient (Wildman–Crippen LogP) is 2.16.